The van der Waals surface area contributed by atoms with Gasteiger partial charge in [0, 0.05) is 18.0 Å². The fourth-order valence-electron chi connectivity index (χ4n) is 1.35. The topological polar surface area (TPSA) is 70.7 Å². The molecule has 0 fully saturated rings. The zero-order valence-corrected chi connectivity index (χ0v) is 8.45. The van der Waals surface area contributed by atoms with Crippen molar-refractivity contribution < 1.29 is 4.79 Å². The van der Waals surface area contributed by atoms with E-state index in [0.717, 1.165) is 11.1 Å². The number of hydrogen-bond donors (Lipinski definition) is 2. The van der Waals surface area contributed by atoms with Crippen molar-refractivity contribution in [2.24, 2.45) is 0 Å². The molecule has 0 unspecified atom stereocenters. The fraction of sp³-hybridized carbons (Fsp3) is 0.300. The van der Waals surface area contributed by atoms with Gasteiger partial charge < -0.3 is 5.32 Å². The van der Waals surface area contributed by atoms with Gasteiger partial charge in [-0.1, -0.05) is 6.92 Å². The van der Waals surface area contributed by atoms with E-state index in [4.69, 9.17) is 0 Å². The molecule has 5 heteroatoms. The zero-order valence-electron chi connectivity index (χ0n) is 8.45. The maximum absolute atomic E-state index is 11.1. The summed E-state index contributed by atoms with van der Waals surface area (Å²) in [7, 11) is 0. The van der Waals surface area contributed by atoms with Crippen LogP contribution in [0.25, 0.3) is 11.0 Å². The maximum Gasteiger partial charge on any atom is 0.220 e. The molecule has 0 aliphatic rings. The number of amides is 1. The lowest BCUT2D eigenvalue weighted by atomic mass is 10.2. The van der Waals surface area contributed by atoms with Crippen molar-refractivity contribution in [2.45, 2.75) is 19.9 Å². The number of nitrogens with zero attached hydrogens (tertiary/aromatic N) is 2. The Morgan fingerprint density at radius 1 is 1.60 bits per heavy atom. The van der Waals surface area contributed by atoms with Crippen LogP contribution in [-0.2, 0) is 11.3 Å². The Bertz CT molecular complexity index is 477. The third kappa shape index (κ3) is 1.96. The summed E-state index contributed by atoms with van der Waals surface area (Å²) >= 11 is 0. The molecule has 5 nitrogen and oxygen atoms in total. The van der Waals surface area contributed by atoms with Crippen molar-refractivity contribution in [2.75, 3.05) is 0 Å². The van der Waals surface area contributed by atoms with E-state index in [0.29, 0.717) is 18.6 Å². The quantitative estimate of drug-likeness (QED) is 0.783. The van der Waals surface area contributed by atoms with E-state index in [1.54, 1.807) is 6.20 Å². The van der Waals surface area contributed by atoms with Gasteiger partial charge in [-0.3, -0.25) is 9.89 Å². The fourth-order valence-corrected chi connectivity index (χ4v) is 1.35. The van der Waals surface area contributed by atoms with Crippen molar-refractivity contribution in [1.82, 2.24) is 20.5 Å². The Morgan fingerprint density at radius 2 is 2.47 bits per heavy atom. The van der Waals surface area contributed by atoms with E-state index < -0.39 is 0 Å². The lowest BCUT2D eigenvalue weighted by Gasteiger charge is -2.00. The standard InChI is InChI=1S/C10H12N4O/c1-2-9(15)12-6-8-7-4-3-5-11-10(7)14-13-8/h3-5H,2,6H2,1H3,(H,12,15)(H,11,13,14). The Hall–Kier alpha value is -1.91. The summed E-state index contributed by atoms with van der Waals surface area (Å²) in [6.07, 6.45) is 2.18. The van der Waals surface area contributed by atoms with E-state index >= 15 is 0 Å². The summed E-state index contributed by atoms with van der Waals surface area (Å²) in [5, 5.41) is 10.6. The number of carbonyl (C=O) groups excluding carboxylic acids is 1. The molecule has 0 radical (unpaired) electrons. The molecule has 2 rings (SSSR count). The SMILES string of the molecule is CCC(=O)NCc1[nH]nc2ncccc12. The van der Waals surface area contributed by atoms with Gasteiger partial charge in [-0.15, -0.1) is 0 Å². The highest BCUT2D eigenvalue weighted by atomic mass is 16.1. The molecule has 15 heavy (non-hydrogen) atoms. The summed E-state index contributed by atoms with van der Waals surface area (Å²) in [5.41, 5.74) is 1.57. The molecular weight excluding hydrogens is 192 g/mol. The number of hydrogen-bond acceptors (Lipinski definition) is 3. The van der Waals surface area contributed by atoms with Gasteiger partial charge in [0.05, 0.1) is 12.2 Å². The number of aromatic nitrogens is 3. The second-order valence-electron chi connectivity index (χ2n) is 3.21. The number of aromatic amines is 1. The highest BCUT2D eigenvalue weighted by Gasteiger charge is 2.05. The van der Waals surface area contributed by atoms with Gasteiger partial charge in [0.15, 0.2) is 5.65 Å². The summed E-state index contributed by atoms with van der Waals surface area (Å²) in [6.45, 7) is 2.29. The molecular formula is C10H12N4O. The van der Waals surface area contributed by atoms with E-state index in [2.05, 4.69) is 20.5 Å². The smallest absolute Gasteiger partial charge is 0.220 e. The van der Waals surface area contributed by atoms with Crippen LogP contribution in [0.15, 0.2) is 18.3 Å². The van der Waals surface area contributed by atoms with Crippen LogP contribution >= 0.6 is 0 Å². The lowest BCUT2D eigenvalue weighted by molar-refractivity contribution is -0.120. The maximum atomic E-state index is 11.1. The third-order valence-electron chi connectivity index (χ3n) is 2.19. The van der Waals surface area contributed by atoms with Crippen LogP contribution in [0, 0.1) is 0 Å². The van der Waals surface area contributed by atoms with E-state index in [9.17, 15) is 4.79 Å². The van der Waals surface area contributed by atoms with Crippen molar-refractivity contribution in [3.05, 3.63) is 24.0 Å². The first-order valence-corrected chi connectivity index (χ1v) is 4.86. The molecule has 2 N–H and O–H groups in total. The highest BCUT2D eigenvalue weighted by molar-refractivity contribution is 5.79. The zero-order chi connectivity index (χ0) is 10.7. The van der Waals surface area contributed by atoms with Crippen LogP contribution < -0.4 is 5.32 Å². The first-order valence-electron chi connectivity index (χ1n) is 4.86. The molecule has 0 aliphatic carbocycles. The first-order chi connectivity index (χ1) is 7.31. The molecule has 1 amide bonds. The largest absolute Gasteiger partial charge is 0.350 e. The number of fused-ring (bicyclic) bond motifs is 1. The van der Waals surface area contributed by atoms with Crippen molar-refractivity contribution in [1.29, 1.82) is 0 Å². The van der Waals surface area contributed by atoms with Gasteiger partial charge in [-0.05, 0) is 12.1 Å². The molecule has 0 atom stereocenters. The third-order valence-corrected chi connectivity index (χ3v) is 2.19. The Kier molecular flexibility index (Phi) is 2.62. The lowest BCUT2D eigenvalue weighted by Crippen LogP contribution is -2.21. The predicted octanol–water partition coefficient (Wildman–Crippen LogP) is 0.984. The van der Waals surface area contributed by atoms with Gasteiger partial charge in [0.2, 0.25) is 5.91 Å². The average molecular weight is 204 g/mol. The van der Waals surface area contributed by atoms with E-state index in [-0.39, 0.29) is 5.91 Å². The van der Waals surface area contributed by atoms with Crippen LogP contribution in [-0.4, -0.2) is 21.1 Å². The van der Waals surface area contributed by atoms with Crippen molar-refractivity contribution in [3.63, 3.8) is 0 Å². The minimum absolute atomic E-state index is 0.0293. The monoisotopic (exact) mass is 204 g/mol. The minimum atomic E-state index is 0.0293. The van der Waals surface area contributed by atoms with Crippen molar-refractivity contribution >= 4 is 16.9 Å². The van der Waals surface area contributed by atoms with Gasteiger partial charge in [0.1, 0.15) is 0 Å². The van der Waals surface area contributed by atoms with Crippen LogP contribution in [0.4, 0.5) is 0 Å². The Labute approximate surface area is 86.9 Å². The number of H-pyrrole nitrogens is 1. The van der Waals surface area contributed by atoms with Gasteiger partial charge >= 0.3 is 0 Å². The second kappa shape index (κ2) is 4.08. The summed E-state index contributed by atoms with van der Waals surface area (Å²) in [5.74, 6) is 0.0293. The molecule has 78 valence electrons. The van der Waals surface area contributed by atoms with Gasteiger partial charge in [-0.25, -0.2) is 4.98 Å². The van der Waals surface area contributed by atoms with Crippen LogP contribution in [0.2, 0.25) is 0 Å². The molecule has 0 spiro atoms. The molecule has 0 aromatic carbocycles. The molecule has 0 bridgehead atoms. The Morgan fingerprint density at radius 3 is 3.27 bits per heavy atom. The van der Waals surface area contributed by atoms with E-state index in [1.165, 1.54) is 0 Å². The van der Waals surface area contributed by atoms with Crippen LogP contribution in [0.5, 0.6) is 0 Å². The molecule has 2 aromatic rings. The average Bonchev–Trinajstić information content (AvgIpc) is 2.69. The number of carbonyl (C=O) groups is 1. The molecule has 0 aliphatic heterocycles. The number of nitrogens with one attached hydrogen (secondary N) is 2. The normalized spacial score (nSPS) is 10.5. The van der Waals surface area contributed by atoms with Crippen LogP contribution in [0.1, 0.15) is 19.0 Å². The molecule has 0 saturated heterocycles. The van der Waals surface area contributed by atoms with Gasteiger partial charge in [0.25, 0.3) is 0 Å². The molecule has 2 aromatic heterocycles. The van der Waals surface area contributed by atoms with Gasteiger partial charge in [-0.2, -0.15) is 5.10 Å². The minimum Gasteiger partial charge on any atom is -0.350 e. The summed E-state index contributed by atoms with van der Waals surface area (Å²) in [6, 6.07) is 3.78. The number of rotatable bonds is 3. The van der Waals surface area contributed by atoms with Crippen molar-refractivity contribution in [3.8, 4) is 0 Å². The van der Waals surface area contributed by atoms with Crippen LogP contribution in [0.3, 0.4) is 0 Å². The summed E-state index contributed by atoms with van der Waals surface area (Å²) < 4.78 is 0. The Balaban J connectivity index is 2.18. The van der Waals surface area contributed by atoms with E-state index in [1.807, 2.05) is 19.1 Å². The summed E-state index contributed by atoms with van der Waals surface area (Å²) in [4.78, 5) is 15.2. The number of pyridine rings is 1. The molecule has 0 saturated carbocycles. The predicted molar refractivity (Wildman–Crippen MR) is 56.0 cm³/mol. The second-order valence-corrected chi connectivity index (χ2v) is 3.21. The first kappa shape index (κ1) is 9.64. The highest BCUT2D eigenvalue weighted by Crippen LogP contribution is 2.11. The molecule has 2 heterocycles.